The van der Waals surface area contributed by atoms with Gasteiger partial charge in [-0.25, -0.2) is 13.2 Å². The third kappa shape index (κ3) is 3.21. The molecule has 1 aliphatic heterocycles. The van der Waals surface area contributed by atoms with E-state index in [-0.39, 0.29) is 28.3 Å². The molecular formula is C15H16ClN3O5S. The number of hydrogen-bond acceptors (Lipinski definition) is 5. The molecule has 1 amide bonds. The maximum absolute atomic E-state index is 12.7. The third-order valence-corrected chi connectivity index (χ3v) is 5.71. The van der Waals surface area contributed by atoms with Crippen LogP contribution < -0.4 is 11.2 Å². The van der Waals surface area contributed by atoms with E-state index in [2.05, 4.69) is 0 Å². The zero-order valence-corrected chi connectivity index (χ0v) is 15.0. The van der Waals surface area contributed by atoms with Crippen molar-refractivity contribution >= 4 is 36.5 Å². The molecule has 1 saturated heterocycles. The lowest BCUT2D eigenvalue weighted by atomic mass is 10.2. The fourth-order valence-electron chi connectivity index (χ4n) is 2.99. The van der Waals surface area contributed by atoms with E-state index in [9.17, 15) is 22.8 Å². The van der Waals surface area contributed by atoms with Gasteiger partial charge in [-0.05, 0) is 31.0 Å². The first-order valence-corrected chi connectivity index (χ1v) is 9.97. The van der Waals surface area contributed by atoms with E-state index in [0.717, 1.165) is 23.5 Å². The van der Waals surface area contributed by atoms with Crippen LogP contribution in [0, 0.1) is 0 Å². The Balaban J connectivity index is 2.17. The SMILES string of the molecule is Cn1c(=O)n(CC(=O)N2CCCC2)c(=O)c2cc(S(=O)(=O)Cl)ccc21. The van der Waals surface area contributed by atoms with Gasteiger partial charge in [-0.15, -0.1) is 0 Å². The van der Waals surface area contributed by atoms with E-state index in [0.29, 0.717) is 13.1 Å². The van der Waals surface area contributed by atoms with Crippen LogP contribution in [0.2, 0.25) is 0 Å². The molecule has 1 aliphatic rings. The second-order valence-corrected chi connectivity index (χ2v) is 8.50. The van der Waals surface area contributed by atoms with Gasteiger partial charge in [0.25, 0.3) is 14.6 Å². The smallest absolute Gasteiger partial charge is 0.331 e. The van der Waals surface area contributed by atoms with Crippen LogP contribution in [0.25, 0.3) is 10.9 Å². The summed E-state index contributed by atoms with van der Waals surface area (Å²) in [6.07, 6.45) is 1.79. The fraction of sp³-hybridized carbons (Fsp3) is 0.400. The summed E-state index contributed by atoms with van der Waals surface area (Å²) in [4.78, 5) is 38.8. The Kier molecular flexibility index (Phi) is 4.46. The van der Waals surface area contributed by atoms with Crippen LogP contribution in [0.4, 0.5) is 0 Å². The minimum atomic E-state index is -4.02. The minimum absolute atomic E-state index is 0.0121. The molecule has 0 unspecified atom stereocenters. The highest BCUT2D eigenvalue weighted by Gasteiger charge is 2.21. The molecule has 0 aliphatic carbocycles. The number of aryl methyl sites for hydroxylation is 1. The lowest BCUT2D eigenvalue weighted by molar-refractivity contribution is -0.130. The molecule has 0 spiro atoms. The molecule has 134 valence electrons. The number of rotatable bonds is 3. The van der Waals surface area contributed by atoms with E-state index < -0.39 is 20.3 Å². The zero-order valence-electron chi connectivity index (χ0n) is 13.4. The highest BCUT2D eigenvalue weighted by Crippen LogP contribution is 2.18. The number of halogens is 1. The quantitative estimate of drug-likeness (QED) is 0.705. The van der Waals surface area contributed by atoms with Crippen LogP contribution in [0.1, 0.15) is 12.8 Å². The fourth-order valence-corrected chi connectivity index (χ4v) is 3.77. The van der Waals surface area contributed by atoms with Gasteiger partial charge >= 0.3 is 5.69 Å². The number of aromatic nitrogens is 2. The molecule has 2 heterocycles. The number of likely N-dealkylation sites (tertiary alicyclic amines) is 1. The second-order valence-electron chi connectivity index (χ2n) is 5.94. The second kappa shape index (κ2) is 6.30. The van der Waals surface area contributed by atoms with Crippen LogP contribution >= 0.6 is 10.7 Å². The van der Waals surface area contributed by atoms with Gasteiger partial charge in [-0.2, -0.15) is 0 Å². The third-order valence-electron chi connectivity index (χ3n) is 4.36. The number of fused-ring (bicyclic) bond motifs is 1. The van der Waals surface area contributed by atoms with E-state index in [1.54, 1.807) is 4.90 Å². The molecule has 1 aromatic heterocycles. The number of benzene rings is 1. The summed E-state index contributed by atoms with van der Waals surface area (Å²) < 4.78 is 25.0. The summed E-state index contributed by atoms with van der Waals surface area (Å²) in [5, 5.41) is 0.0121. The van der Waals surface area contributed by atoms with Crippen LogP contribution in [-0.2, 0) is 27.4 Å². The number of hydrogen-bond donors (Lipinski definition) is 0. The highest BCUT2D eigenvalue weighted by molar-refractivity contribution is 8.13. The van der Waals surface area contributed by atoms with Crippen molar-refractivity contribution in [2.24, 2.45) is 7.05 Å². The topological polar surface area (TPSA) is 98.4 Å². The first-order valence-electron chi connectivity index (χ1n) is 7.66. The molecule has 1 fully saturated rings. The standard InChI is InChI=1S/C15H16ClN3O5S/c1-17-12-5-4-10(25(16,23)24)8-11(12)14(21)19(15(17)22)9-13(20)18-6-2-3-7-18/h4-5,8H,2-3,6-7,9H2,1H3. The number of nitrogens with zero attached hydrogens (tertiary/aromatic N) is 3. The normalized spacial score (nSPS) is 15.0. The molecule has 3 rings (SSSR count). The van der Waals surface area contributed by atoms with Gasteiger partial charge in [-0.1, -0.05) is 0 Å². The number of carbonyl (C=O) groups is 1. The summed E-state index contributed by atoms with van der Waals surface area (Å²) in [7, 11) is 2.76. The Morgan fingerprint density at radius 2 is 1.84 bits per heavy atom. The van der Waals surface area contributed by atoms with Crippen molar-refractivity contribution in [3.8, 4) is 0 Å². The van der Waals surface area contributed by atoms with E-state index in [4.69, 9.17) is 10.7 Å². The predicted molar refractivity (Wildman–Crippen MR) is 92.3 cm³/mol. The summed E-state index contributed by atoms with van der Waals surface area (Å²) in [6.45, 7) is 0.839. The molecule has 1 aromatic carbocycles. The molecule has 2 aromatic rings. The predicted octanol–water partition coefficient (Wildman–Crippen LogP) is 0.250. The van der Waals surface area contributed by atoms with Gasteiger partial charge in [0, 0.05) is 30.8 Å². The molecule has 8 nitrogen and oxygen atoms in total. The first kappa shape index (κ1) is 17.7. The van der Waals surface area contributed by atoms with Crippen molar-refractivity contribution in [1.82, 2.24) is 14.0 Å². The van der Waals surface area contributed by atoms with E-state index >= 15 is 0 Å². The molecule has 0 N–H and O–H groups in total. The van der Waals surface area contributed by atoms with Gasteiger partial charge in [0.15, 0.2) is 0 Å². The minimum Gasteiger partial charge on any atom is -0.341 e. The molecule has 0 bridgehead atoms. The van der Waals surface area contributed by atoms with Crippen LogP contribution in [-0.4, -0.2) is 41.4 Å². The van der Waals surface area contributed by atoms with Crippen molar-refractivity contribution in [3.05, 3.63) is 39.0 Å². The lowest BCUT2D eigenvalue weighted by Crippen LogP contribution is -2.43. The van der Waals surface area contributed by atoms with Crippen molar-refractivity contribution in [3.63, 3.8) is 0 Å². The molecule has 0 saturated carbocycles. The van der Waals surface area contributed by atoms with Crippen molar-refractivity contribution in [2.75, 3.05) is 13.1 Å². The zero-order chi connectivity index (χ0) is 18.4. The first-order chi connectivity index (χ1) is 11.7. The molecule has 0 radical (unpaired) electrons. The number of carbonyl (C=O) groups excluding carboxylic acids is 1. The highest BCUT2D eigenvalue weighted by atomic mass is 35.7. The van der Waals surface area contributed by atoms with Crippen LogP contribution in [0.15, 0.2) is 32.7 Å². The monoisotopic (exact) mass is 385 g/mol. The molecule has 25 heavy (non-hydrogen) atoms. The maximum atomic E-state index is 12.7. The van der Waals surface area contributed by atoms with Crippen molar-refractivity contribution in [1.29, 1.82) is 0 Å². The summed E-state index contributed by atoms with van der Waals surface area (Å²) in [5.74, 6) is -0.308. The van der Waals surface area contributed by atoms with Gasteiger partial charge in [0.05, 0.1) is 15.8 Å². The van der Waals surface area contributed by atoms with E-state index in [1.807, 2.05) is 0 Å². The summed E-state index contributed by atoms with van der Waals surface area (Å²) in [6, 6.07) is 3.69. The average molecular weight is 386 g/mol. The van der Waals surface area contributed by atoms with Crippen LogP contribution in [0.5, 0.6) is 0 Å². The summed E-state index contributed by atoms with van der Waals surface area (Å²) in [5.41, 5.74) is -1.08. The Morgan fingerprint density at radius 1 is 1.20 bits per heavy atom. The Bertz CT molecular complexity index is 1080. The van der Waals surface area contributed by atoms with Crippen LogP contribution in [0.3, 0.4) is 0 Å². The summed E-state index contributed by atoms with van der Waals surface area (Å²) >= 11 is 0. The van der Waals surface area contributed by atoms with E-state index in [1.165, 1.54) is 23.7 Å². The molecule has 10 heteroatoms. The van der Waals surface area contributed by atoms with Gasteiger partial charge in [0.1, 0.15) is 6.54 Å². The molecular weight excluding hydrogens is 370 g/mol. The van der Waals surface area contributed by atoms with Gasteiger partial charge in [-0.3, -0.25) is 18.7 Å². The average Bonchev–Trinajstić information content (AvgIpc) is 3.10. The molecule has 0 atom stereocenters. The van der Waals surface area contributed by atoms with Crippen molar-refractivity contribution in [2.45, 2.75) is 24.3 Å². The Labute approximate surface area is 147 Å². The lowest BCUT2D eigenvalue weighted by Gasteiger charge is -2.16. The van der Waals surface area contributed by atoms with Gasteiger partial charge in [0.2, 0.25) is 5.91 Å². The Hall–Kier alpha value is -2.13. The van der Waals surface area contributed by atoms with Crippen molar-refractivity contribution < 1.29 is 13.2 Å². The maximum Gasteiger partial charge on any atom is 0.331 e. The van der Waals surface area contributed by atoms with Gasteiger partial charge < -0.3 is 4.90 Å². The Morgan fingerprint density at radius 3 is 2.44 bits per heavy atom. The number of amides is 1. The largest absolute Gasteiger partial charge is 0.341 e.